The van der Waals surface area contributed by atoms with Gasteiger partial charge in [0, 0.05) is 12.6 Å². The second kappa shape index (κ2) is 4.22. The molecule has 0 spiro atoms. The molecule has 3 heteroatoms. The van der Waals surface area contributed by atoms with Gasteiger partial charge in [-0.05, 0) is 18.6 Å². The molecule has 2 rings (SSSR count). The summed E-state index contributed by atoms with van der Waals surface area (Å²) in [5.41, 5.74) is 0.944. The molecule has 0 amide bonds. The summed E-state index contributed by atoms with van der Waals surface area (Å²) in [4.78, 5) is 4.44. The maximum absolute atomic E-state index is 4.44. The molecule has 0 saturated heterocycles. The maximum atomic E-state index is 4.44. The van der Waals surface area contributed by atoms with Gasteiger partial charge in [0.2, 0.25) is 0 Å². The van der Waals surface area contributed by atoms with E-state index in [4.69, 9.17) is 0 Å². The molecule has 0 aliphatic heterocycles. The fourth-order valence-electron chi connectivity index (χ4n) is 1.52. The lowest BCUT2D eigenvalue weighted by atomic mass is 10.2. The fourth-order valence-corrected chi connectivity index (χ4v) is 1.52. The summed E-state index contributed by atoms with van der Waals surface area (Å²) in [5.74, 6) is 0.963. The van der Waals surface area contributed by atoms with Crippen LogP contribution in [0.15, 0.2) is 24.4 Å². The Bertz CT molecular complexity index is 373. The van der Waals surface area contributed by atoms with Gasteiger partial charge in [0.1, 0.15) is 0 Å². The molecule has 0 radical (unpaired) electrons. The first kappa shape index (κ1) is 9.19. The molecule has 0 fully saturated rings. The van der Waals surface area contributed by atoms with Gasteiger partial charge in [-0.3, -0.25) is 0 Å². The number of unbranched alkanes of at least 4 members (excludes halogenated alkanes) is 2. The smallest absolute Gasteiger partial charge is 0.155 e. The molecule has 0 unspecified atom stereocenters. The lowest BCUT2D eigenvalue weighted by Gasteiger charge is -1.91. The molecular weight excluding hydrogens is 174 g/mol. The Morgan fingerprint density at radius 3 is 3.00 bits per heavy atom. The molecule has 14 heavy (non-hydrogen) atoms. The van der Waals surface area contributed by atoms with Crippen molar-refractivity contribution in [3.63, 3.8) is 0 Å². The summed E-state index contributed by atoms with van der Waals surface area (Å²) in [7, 11) is 0. The van der Waals surface area contributed by atoms with E-state index in [1.165, 1.54) is 19.3 Å². The zero-order valence-corrected chi connectivity index (χ0v) is 8.48. The number of nitrogens with zero attached hydrogens (tertiary/aromatic N) is 3. The quantitative estimate of drug-likeness (QED) is 0.691. The molecule has 2 aromatic heterocycles. The monoisotopic (exact) mass is 189 g/mol. The van der Waals surface area contributed by atoms with Crippen LogP contribution in [0, 0.1) is 0 Å². The Hall–Kier alpha value is -1.38. The molecule has 0 N–H and O–H groups in total. The lowest BCUT2D eigenvalue weighted by molar-refractivity contribution is 0.692. The predicted molar refractivity (Wildman–Crippen MR) is 56.2 cm³/mol. The largest absolute Gasteiger partial charge is 0.221 e. The van der Waals surface area contributed by atoms with E-state index in [0.717, 1.165) is 17.9 Å². The van der Waals surface area contributed by atoms with Gasteiger partial charge in [0.15, 0.2) is 11.5 Å². The Balaban J connectivity index is 2.11. The summed E-state index contributed by atoms with van der Waals surface area (Å²) in [6.07, 6.45) is 6.62. The predicted octanol–water partition coefficient (Wildman–Crippen LogP) is 2.46. The van der Waals surface area contributed by atoms with E-state index in [2.05, 4.69) is 17.0 Å². The molecule has 0 aliphatic rings. The zero-order valence-electron chi connectivity index (χ0n) is 8.48. The van der Waals surface area contributed by atoms with Gasteiger partial charge < -0.3 is 0 Å². The maximum Gasteiger partial charge on any atom is 0.155 e. The minimum absolute atomic E-state index is 0.944. The average Bonchev–Trinajstić information content (AvgIpc) is 2.60. The summed E-state index contributed by atoms with van der Waals surface area (Å²) in [5, 5.41) is 4.39. The van der Waals surface area contributed by atoms with Crippen LogP contribution in [-0.2, 0) is 6.42 Å². The molecular formula is C11H15N3. The van der Waals surface area contributed by atoms with Crippen molar-refractivity contribution in [1.82, 2.24) is 14.6 Å². The number of fused-ring (bicyclic) bond motifs is 1. The molecule has 0 aliphatic carbocycles. The van der Waals surface area contributed by atoms with Crippen LogP contribution in [0.25, 0.3) is 5.65 Å². The number of hydrogen-bond acceptors (Lipinski definition) is 2. The Morgan fingerprint density at radius 1 is 1.29 bits per heavy atom. The highest BCUT2D eigenvalue weighted by atomic mass is 15.3. The van der Waals surface area contributed by atoms with E-state index in [0.29, 0.717) is 0 Å². The highest BCUT2D eigenvalue weighted by Gasteiger charge is 2.01. The molecule has 74 valence electrons. The topological polar surface area (TPSA) is 30.2 Å². The van der Waals surface area contributed by atoms with Crippen molar-refractivity contribution in [2.45, 2.75) is 32.6 Å². The zero-order chi connectivity index (χ0) is 9.80. The molecule has 3 nitrogen and oxygen atoms in total. The molecule has 0 saturated carbocycles. The van der Waals surface area contributed by atoms with Crippen molar-refractivity contribution in [1.29, 1.82) is 0 Å². The van der Waals surface area contributed by atoms with Crippen LogP contribution in [-0.4, -0.2) is 14.6 Å². The number of pyridine rings is 1. The van der Waals surface area contributed by atoms with Gasteiger partial charge >= 0.3 is 0 Å². The second-order valence-corrected chi connectivity index (χ2v) is 3.49. The highest BCUT2D eigenvalue weighted by molar-refractivity contribution is 5.36. The van der Waals surface area contributed by atoms with E-state index in [1.807, 2.05) is 28.9 Å². The standard InChI is InChI=1S/C11H15N3/c1-2-3-4-7-10-12-11-8-5-6-9-14(11)13-10/h5-6,8-9H,2-4,7H2,1H3. The van der Waals surface area contributed by atoms with E-state index < -0.39 is 0 Å². The highest BCUT2D eigenvalue weighted by Crippen LogP contribution is 2.04. The van der Waals surface area contributed by atoms with Crippen LogP contribution in [0.1, 0.15) is 32.0 Å². The third kappa shape index (κ3) is 1.92. The number of aromatic nitrogens is 3. The van der Waals surface area contributed by atoms with E-state index in [9.17, 15) is 0 Å². The summed E-state index contributed by atoms with van der Waals surface area (Å²) < 4.78 is 1.83. The normalized spacial score (nSPS) is 10.9. The minimum Gasteiger partial charge on any atom is -0.221 e. The van der Waals surface area contributed by atoms with Crippen molar-refractivity contribution < 1.29 is 0 Å². The first-order valence-corrected chi connectivity index (χ1v) is 5.20. The average molecular weight is 189 g/mol. The number of rotatable bonds is 4. The Kier molecular flexibility index (Phi) is 2.77. The van der Waals surface area contributed by atoms with E-state index in [-0.39, 0.29) is 0 Å². The lowest BCUT2D eigenvalue weighted by Crippen LogP contribution is -1.89. The first-order chi connectivity index (χ1) is 6.90. The Labute approximate surface area is 83.8 Å². The third-order valence-corrected chi connectivity index (χ3v) is 2.29. The second-order valence-electron chi connectivity index (χ2n) is 3.49. The van der Waals surface area contributed by atoms with Crippen LogP contribution >= 0.6 is 0 Å². The van der Waals surface area contributed by atoms with E-state index in [1.54, 1.807) is 0 Å². The first-order valence-electron chi connectivity index (χ1n) is 5.20. The van der Waals surface area contributed by atoms with Gasteiger partial charge in [0.25, 0.3) is 0 Å². The van der Waals surface area contributed by atoms with Crippen LogP contribution in [0.5, 0.6) is 0 Å². The van der Waals surface area contributed by atoms with Crippen molar-refractivity contribution in [3.05, 3.63) is 30.2 Å². The number of hydrogen-bond donors (Lipinski definition) is 0. The van der Waals surface area contributed by atoms with Crippen LogP contribution in [0.2, 0.25) is 0 Å². The Morgan fingerprint density at radius 2 is 2.21 bits per heavy atom. The molecule has 0 bridgehead atoms. The van der Waals surface area contributed by atoms with Crippen LogP contribution in [0.4, 0.5) is 0 Å². The van der Waals surface area contributed by atoms with Gasteiger partial charge in [-0.1, -0.05) is 25.8 Å². The van der Waals surface area contributed by atoms with E-state index >= 15 is 0 Å². The van der Waals surface area contributed by atoms with Gasteiger partial charge in [0.05, 0.1) is 0 Å². The van der Waals surface area contributed by atoms with Gasteiger partial charge in [-0.25, -0.2) is 9.50 Å². The van der Waals surface area contributed by atoms with Crippen molar-refractivity contribution in [2.75, 3.05) is 0 Å². The summed E-state index contributed by atoms with van der Waals surface area (Å²) in [6, 6.07) is 5.94. The number of aryl methyl sites for hydroxylation is 1. The van der Waals surface area contributed by atoms with Crippen LogP contribution in [0.3, 0.4) is 0 Å². The van der Waals surface area contributed by atoms with Gasteiger partial charge in [-0.15, -0.1) is 0 Å². The molecule has 0 aromatic carbocycles. The van der Waals surface area contributed by atoms with Gasteiger partial charge in [-0.2, -0.15) is 5.10 Å². The SMILES string of the molecule is CCCCCc1nc2ccccn2n1. The summed E-state index contributed by atoms with van der Waals surface area (Å²) >= 11 is 0. The van der Waals surface area contributed by atoms with Crippen LogP contribution < -0.4 is 0 Å². The summed E-state index contributed by atoms with van der Waals surface area (Å²) in [6.45, 7) is 2.21. The molecule has 2 heterocycles. The molecule has 2 aromatic rings. The third-order valence-electron chi connectivity index (χ3n) is 2.29. The van der Waals surface area contributed by atoms with Crippen molar-refractivity contribution in [2.24, 2.45) is 0 Å². The van der Waals surface area contributed by atoms with Crippen molar-refractivity contribution in [3.8, 4) is 0 Å². The van der Waals surface area contributed by atoms with Crippen molar-refractivity contribution >= 4 is 5.65 Å². The molecule has 0 atom stereocenters. The minimum atomic E-state index is 0.944. The fraction of sp³-hybridized carbons (Fsp3) is 0.455.